The van der Waals surface area contributed by atoms with E-state index in [1.54, 1.807) is 21.8 Å². The molecule has 130 valence electrons. The third-order valence-corrected chi connectivity index (χ3v) is 7.80. The fraction of sp³-hybridized carbons (Fsp3) is 0.412. The second-order valence-corrected chi connectivity index (χ2v) is 9.46. The average Bonchev–Trinajstić information content (AvgIpc) is 3.13. The minimum Gasteiger partial charge on any atom is -0.301 e. The van der Waals surface area contributed by atoms with Crippen LogP contribution in [-0.2, 0) is 16.4 Å². The number of nitrogens with zero attached hydrogens (tertiary/aromatic N) is 2. The average molecular weight is 385 g/mol. The summed E-state index contributed by atoms with van der Waals surface area (Å²) in [6.07, 6.45) is 2.09. The van der Waals surface area contributed by atoms with Gasteiger partial charge in [-0.05, 0) is 48.5 Å². The molecule has 1 saturated heterocycles. The highest BCUT2D eigenvalue weighted by Crippen LogP contribution is 2.22. The molecular weight excluding hydrogens is 364 g/mol. The maximum atomic E-state index is 12.5. The predicted octanol–water partition coefficient (Wildman–Crippen LogP) is 3.34. The number of sulfonamides is 1. The van der Waals surface area contributed by atoms with Crippen molar-refractivity contribution in [3.05, 3.63) is 52.4 Å². The third kappa shape index (κ3) is 4.37. The van der Waals surface area contributed by atoms with Gasteiger partial charge in [-0.3, -0.25) is 0 Å². The molecule has 1 aromatic carbocycles. The highest BCUT2D eigenvalue weighted by Gasteiger charge is 2.28. The SMILES string of the molecule is O=S(=O)(c1cccs1)N1CCN(CCCc2ccc(Cl)cc2)CC1. The van der Waals surface area contributed by atoms with Crippen LogP contribution in [0.25, 0.3) is 0 Å². The Bertz CT molecular complexity index is 737. The molecule has 0 spiro atoms. The van der Waals surface area contributed by atoms with Gasteiger partial charge in [0, 0.05) is 31.2 Å². The van der Waals surface area contributed by atoms with E-state index in [0.29, 0.717) is 17.3 Å². The number of benzene rings is 1. The number of rotatable bonds is 6. The van der Waals surface area contributed by atoms with Crippen molar-refractivity contribution in [2.45, 2.75) is 17.1 Å². The van der Waals surface area contributed by atoms with Crippen LogP contribution in [0.4, 0.5) is 0 Å². The maximum Gasteiger partial charge on any atom is 0.252 e. The lowest BCUT2D eigenvalue weighted by atomic mass is 10.1. The third-order valence-electron chi connectivity index (χ3n) is 4.27. The van der Waals surface area contributed by atoms with E-state index in [2.05, 4.69) is 17.0 Å². The summed E-state index contributed by atoms with van der Waals surface area (Å²) in [5, 5.41) is 2.57. The molecule has 0 N–H and O–H groups in total. The van der Waals surface area contributed by atoms with Crippen molar-refractivity contribution in [3.8, 4) is 0 Å². The molecule has 0 radical (unpaired) electrons. The molecule has 0 unspecified atom stereocenters. The summed E-state index contributed by atoms with van der Waals surface area (Å²) in [4.78, 5) is 2.34. The first-order valence-corrected chi connectivity index (χ1v) is 10.8. The van der Waals surface area contributed by atoms with Crippen LogP contribution in [0.3, 0.4) is 0 Å². The van der Waals surface area contributed by atoms with Crippen molar-refractivity contribution in [2.75, 3.05) is 32.7 Å². The van der Waals surface area contributed by atoms with Crippen LogP contribution in [0.15, 0.2) is 46.0 Å². The monoisotopic (exact) mass is 384 g/mol. The molecule has 0 saturated carbocycles. The van der Waals surface area contributed by atoms with Gasteiger partial charge in [0.25, 0.3) is 10.0 Å². The molecule has 0 bridgehead atoms. The first kappa shape index (κ1) is 17.9. The van der Waals surface area contributed by atoms with Crippen LogP contribution < -0.4 is 0 Å². The molecule has 0 amide bonds. The van der Waals surface area contributed by atoms with Gasteiger partial charge in [-0.15, -0.1) is 11.3 Å². The van der Waals surface area contributed by atoms with Crippen molar-refractivity contribution < 1.29 is 8.42 Å². The highest BCUT2D eigenvalue weighted by atomic mass is 35.5. The molecule has 2 heterocycles. The summed E-state index contributed by atoms with van der Waals surface area (Å²) in [6.45, 7) is 3.73. The lowest BCUT2D eigenvalue weighted by molar-refractivity contribution is 0.187. The van der Waals surface area contributed by atoms with Crippen LogP contribution in [0.2, 0.25) is 5.02 Å². The van der Waals surface area contributed by atoms with Gasteiger partial charge in [-0.1, -0.05) is 29.8 Å². The molecule has 4 nitrogen and oxygen atoms in total. The number of hydrogen-bond donors (Lipinski definition) is 0. The number of aryl methyl sites for hydroxylation is 1. The Morgan fingerprint density at radius 1 is 1.04 bits per heavy atom. The van der Waals surface area contributed by atoms with Gasteiger partial charge >= 0.3 is 0 Å². The molecule has 1 aliphatic heterocycles. The maximum absolute atomic E-state index is 12.5. The molecule has 1 aromatic heterocycles. The van der Waals surface area contributed by atoms with Gasteiger partial charge < -0.3 is 4.90 Å². The van der Waals surface area contributed by atoms with E-state index < -0.39 is 10.0 Å². The smallest absolute Gasteiger partial charge is 0.252 e. The molecule has 2 aromatic rings. The first-order valence-electron chi connectivity index (χ1n) is 8.06. The summed E-state index contributed by atoms with van der Waals surface area (Å²) in [5.41, 5.74) is 1.29. The van der Waals surface area contributed by atoms with E-state index in [0.717, 1.165) is 37.5 Å². The van der Waals surface area contributed by atoms with Crippen molar-refractivity contribution in [3.63, 3.8) is 0 Å². The fourth-order valence-electron chi connectivity index (χ4n) is 2.89. The summed E-state index contributed by atoms with van der Waals surface area (Å²) in [5.74, 6) is 0. The van der Waals surface area contributed by atoms with Gasteiger partial charge in [0.2, 0.25) is 0 Å². The number of piperazine rings is 1. The summed E-state index contributed by atoms with van der Waals surface area (Å²) >= 11 is 7.18. The minimum atomic E-state index is -3.30. The predicted molar refractivity (Wildman–Crippen MR) is 99.3 cm³/mol. The van der Waals surface area contributed by atoms with Gasteiger partial charge in [0.1, 0.15) is 4.21 Å². The van der Waals surface area contributed by atoms with E-state index >= 15 is 0 Å². The zero-order valence-corrected chi connectivity index (χ0v) is 15.8. The standard InChI is InChI=1S/C17H21ClN2O2S2/c18-16-7-5-15(6-8-16)3-1-9-19-10-12-20(13-11-19)24(21,22)17-4-2-14-23-17/h2,4-8,14H,1,3,9-13H2. The second-order valence-electron chi connectivity index (χ2n) is 5.91. The van der Waals surface area contributed by atoms with Crippen LogP contribution >= 0.6 is 22.9 Å². The van der Waals surface area contributed by atoms with Crippen LogP contribution in [0, 0.1) is 0 Å². The lowest BCUT2D eigenvalue weighted by Crippen LogP contribution is -2.48. The zero-order chi connectivity index (χ0) is 17.0. The molecule has 3 rings (SSSR count). The summed E-state index contributed by atoms with van der Waals surface area (Å²) in [7, 11) is -3.30. The quantitative estimate of drug-likeness (QED) is 0.766. The summed E-state index contributed by atoms with van der Waals surface area (Å²) < 4.78 is 27.0. The fourth-order valence-corrected chi connectivity index (χ4v) is 5.58. The van der Waals surface area contributed by atoms with Gasteiger partial charge in [0.05, 0.1) is 0 Å². The van der Waals surface area contributed by atoms with Gasteiger partial charge in [0.15, 0.2) is 0 Å². The summed E-state index contributed by atoms with van der Waals surface area (Å²) in [6, 6.07) is 11.4. The highest BCUT2D eigenvalue weighted by molar-refractivity contribution is 7.91. The van der Waals surface area contributed by atoms with E-state index in [4.69, 9.17) is 11.6 Å². The first-order chi connectivity index (χ1) is 11.6. The van der Waals surface area contributed by atoms with Crippen molar-refractivity contribution >= 4 is 33.0 Å². The molecule has 0 atom stereocenters. The van der Waals surface area contributed by atoms with Gasteiger partial charge in [-0.25, -0.2) is 8.42 Å². The molecule has 0 aliphatic carbocycles. The minimum absolute atomic E-state index is 0.443. The van der Waals surface area contributed by atoms with Gasteiger partial charge in [-0.2, -0.15) is 4.31 Å². The Hall–Kier alpha value is -0.920. The molecule has 1 fully saturated rings. The Morgan fingerprint density at radius 3 is 2.38 bits per heavy atom. The Morgan fingerprint density at radius 2 is 1.75 bits per heavy atom. The Balaban J connectivity index is 1.45. The van der Waals surface area contributed by atoms with Crippen LogP contribution in [0.1, 0.15) is 12.0 Å². The van der Waals surface area contributed by atoms with E-state index in [9.17, 15) is 8.42 Å². The topological polar surface area (TPSA) is 40.6 Å². The molecule has 7 heteroatoms. The van der Waals surface area contributed by atoms with E-state index in [-0.39, 0.29) is 0 Å². The van der Waals surface area contributed by atoms with Crippen molar-refractivity contribution in [1.29, 1.82) is 0 Å². The Kier molecular flexibility index (Phi) is 5.94. The number of hydrogen-bond acceptors (Lipinski definition) is 4. The van der Waals surface area contributed by atoms with Crippen LogP contribution in [-0.4, -0.2) is 50.3 Å². The molecule has 1 aliphatic rings. The Labute approximate surface area is 152 Å². The van der Waals surface area contributed by atoms with Crippen LogP contribution in [0.5, 0.6) is 0 Å². The van der Waals surface area contributed by atoms with Crippen molar-refractivity contribution in [1.82, 2.24) is 9.21 Å². The number of thiophene rings is 1. The normalized spacial score (nSPS) is 17.2. The number of halogens is 1. The molecular formula is C17H21ClN2O2S2. The molecule has 24 heavy (non-hydrogen) atoms. The van der Waals surface area contributed by atoms with E-state index in [1.165, 1.54) is 16.9 Å². The van der Waals surface area contributed by atoms with E-state index in [1.807, 2.05) is 12.1 Å². The lowest BCUT2D eigenvalue weighted by Gasteiger charge is -2.33. The van der Waals surface area contributed by atoms with Crippen molar-refractivity contribution in [2.24, 2.45) is 0 Å². The zero-order valence-electron chi connectivity index (χ0n) is 13.4. The second kappa shape index (κ2) is 7.97. The largest absolute Gasteiger partial charge is 0.301 e.